The molecular formula is C25H25F3N6O2. The molecule has 0 saturated carbocycles. The lowest BCUT2D eigenvalue weighted by Gasteiger charge is -2.23. The van der Waals surface area contributed by atoms with Gasteiger partial charge in [0.1, 0.15) is 5.69 Å². The van der Waals surface area contributed by atoms with Gasteiger partial charge in [-0.1, -0.05) is 13.0 Å². The number of nitrogens with zero attached hydrogens (tertiary/aromatic N) is 5. The summed E-state index contributed by atoms with van der Waals surface area (Å²) in [5, 5.41) is 7.29. The van der Waals surface area contributed by atoms with E-state index < -0.39 is 17.8 Å². The Labute approximate surface area is 205 Å². The number of aliphatic imine (C=N–C) groups is 1. The van der Waals surface area contributed by atoms with E-state index in [1.807, 2.05) is 30.0 Å². The van der Waals surface area contributed by atoms with Crippen molar-refractivity contribution in [2.24, 2.45) is 18.0 Å². The Hall–Kier alpha value is -3.89. The molecule has 0 aliphatic carbocycles. The van der Waals surface area contributed by atoms with E-state index in [4.69, 9.17) is 4.74 Å². The minimum atomic E-state index is -4.76. The highest BCUT2D eigenvalue weighted by molar-refractivity contribution is 6.19. The van der Waals surface area contributed by atoms with Crippen molar-refractivity contribution in [1.82, 2.24) is 14.8 Å². The van der Waals surface area contributed by atoms with Crippen molar-refractivity contribution < 1.29 is 22.7 Å². The molecule has 0 radical (unpaired) electrons. The molecular weight excluding hydrogens is 473 g/mol. The highest BCUT2D eigenvalue weighted by Crippen LogP contribution is 2.36. The van der Waals surface area contributed by atoms with Gasteiger partial charge in [-0.2, -0.15) is 23.3 Å². The van der Waals surface area contributed by atoms with E-state index in [-0.39, 0.29) is 28.7 Å². The predicted molar refractivity (Wildman–Crippen MR) is 129 cm³/mol. The number of carbonyl (C=O) groups excluding carboxylic acids is 1. The fraction of sp³-hybridized carbons (Fsp3) is 0.360. The normalized spacial score (nSPS) is 19.6. The van der Waals surface area contributed by atoms with E-state index in [1.165, 1.54) is 16.9 Å². The van der Waals surface area contributed by atoms with Crippen LogP contribution >= 0.6 is 0 Å². The third kappa shape index (κ3) is 4.52. The predicted octanol–water partition coefficient (Wildman–Crippen LogP) is 5.05. The number of ether oxygens (including phenoxy) is 1. The zero-order chi connectivity index (χ0) is 25.6. The van der Waals surface area contributed by atoms with Crippen LogP contribution in [0.2, 0.25) is 0 Å². The lowest BCUT2D eigenvalue weighted by Crippen LogP contribution is -2.35. The summed E-state index contributed by atoms with van der Waals surface area (Å²) in [6.45, 7) is 5.00. The number of aryl methyl sites for hydroxylation is 2. The molecule has 11 heteroatoms. The lowest BCUT2D eigenvalue weighted by molar-refractivity contribution is -0.141. The second-order valence-corrected chi connectivity index (χ2v) is 9.20. The Balaban J connectivity index is 1.65. The van der Waals surface area contributed by atoms with Gasteiger partial charge in [0, 0.05) is 19.2 Å². The SMILES string of the molecule is Cc1ccc2c(c1)N1C[C@H](C)CCCOc3c(cnn3C)-c3cc(cc(C(F)(F)F)n3)C(=O)/N=C/1N2. The number of rotatable bonds is 0. The first-order chi connectivity index (χ1) is 17.1. The van der Waals surface area contributed by atoms with Gasteiger partial charge in [0.15, 0.2) is 0 Å². The Morgan fingerprint density at radius 3 is 2.78 bits per heavy atom. The molecule has 2 aliphatic rings. The molecule has 2 aromatic heterocycles. The van der Waals surface area contributed by atoms with E-state index >= 15 is 0 Å². The molecule has 0 unspecified atom stereocenters. The van der Waals surface area contributed by atoms with E-state index in [0.29, 0.717) is 19.0 Å². The summed E-state index contributed by atoms with van der Waals surface area (Å²) in [4.78, 5) is 23.2. The maximum atomic E-state index is 13.7. The minimum Gasteiger partial charge on any atom is -0.477 e. The van der Waals surface area contributed by atoms with Crippen molar-refractivity contribution in [3.63, 3.8) is 0 Å². The summed E-state index contributed by atoms with van der Waals surface area (Å²) in [7, 11) is 1.64. The van der Waals surface area contributed by atoms with Crippen LogP contribution in [0.3, 0.4) is 0 Å². The maximum Gasteiger partial charge on any atom is 0.433 e. The average molecular weight is 499 g/mol. The third-order valence-electron chi connectivity index (χ3n) is 6.25. The topological polar surface area (TPSA) is 84.6 Å². The molecule has 188 valence electrons. The summed E-state index contributed by atoms with van der Waals surface area (Å²) in [6, 6.07) is 7.86. The molecule has 0 saturated heterocycles. The Morgan fingerprint density at radius 1 is 1.19 bits per heavy atom. The van der Waals surface area contributed by atoms with Crippen LogP contribution in [0.1, 0.15) is 41.4 Å². The largest absolute Gasteiger partial charge is 0.477 e. The van der Waals surface area contributed by atoms with E-state index in [0.717, 1.165) is 35.8 Å². The lowest BCUT2D eigenvalue weighted by atomic mass is 10.0. The fourth-order valence-electron chi connectivity index (χ4n) is 4.42. The number of nitrogens with one attached hydrogen (secondary N) is 1. The van der Waals surface area contributed by atoms with Crippen LogP contribution in [0.15, 0.2) is 41.5 Å². The number of amides is 1. The first-order valence-corrected chi connectivity index (χ1v) is 11.6. The smallest absolute Gasteiger partial charge is 0.433 e. The first-order valence-electron chi connectivity index (χ1n) is 11.6. The molecule has 1 atom stereocenters. The van der Waals surface area contributed by atoms with Crippen molar-refractivity contribution >= 4 is 23.2 Å². The van der Waals surface area contributed by atoms with Crippen molar-refractivity contribution in [2.45, 2.75) is 32.9 Å². The summed E-state index contributed by atoms with van der Waals surface area (Å²) >= 11 is 0. The highest BCUT2D eigenvalue weighted by Gasteiger charge is 2.35. The van der Waals surface area contributed by atoms with Gasteiger partial charge in [-0.25, -0.2) is 9.67 Å². The molecule has 1 aromatic carbocycles. The van der Waals surface area contributed by atoms with Gasteiger partial charge in [0.2, 0.25) is 11.8 Å². The van der Waals surface area contributed by atoms with E-state index in [1.54, 1.807) is 7.05 Å². The number of alkyl halides is 3. The number of hydrogen-bond donors (Lipinski definition) is 1. The highest BCUT2D eigenvalue weighted by atomic mass is 19.4. The van der Waals surface area contributed by atoms with Crippen LogP contribution < -0.4 is 15.0 Å². The molecule has 0 fully saturated rings. The number of aromatic nitrogens is 3. The maximum absolute atomic E-state index is 13.7. The molecule has 4 heterocycles. The van der Waals surface area contributed by atoms with Gasteiger partial charge in [-0.15, -0.1) is 0 Å². The number of carbonyl (C=O) groups is 1. The van der Waals surface area contributed by atoms with Gasteiger partial charge in [0.05, 0.1) is 35.4 Å². The number of halogens is 3. The average Bonchev–Trinajstić information content (AvgIpc) is 3.35. The zero-order valence-electron chi connectivity index (χ0n) is 20.1. The molecule has 3 aromatic rings. The number of pyridine rings is 1. The van der Waals surface area contributed by atoms with Crippen LogP contribution in [0.25, 0.3) is 11.3 Å². The van der Waals surface area contributed by atoms with Crippen LogP contribution in [-0.4, -0.2) is 39.8 Å². The number of benzene rings is 1. The van der Waals surface area contributed by atoms with Crippen LogP contribution in [0.4, 0.5) is 24.5 Å². The zero-order valence-corrected chi connectivity index (χ0v) is 20.1. The number of hydrogen-bond acceptors (Lipinski definition) is 6. The standard InChI is InChI=1S/C25H25F3N6O2/c1-14-6-7-18-20(9-14)34-13-15(2)5-4-8-36-23-17(12-29-33(23)3)19-10-16(22(35)32-24(34)31-18)11-21(30-19)25(26,27)28/h6-7,9-12,15H,4-5,8,13H2,1-3H3,(H,31,32,35)/t15-/m1/s1. The number of fused-ring (bicyclic) bond motifs is 7. The minimum absolute atomic E-state index is 0.0603. The molecule has 2 aliphatic heterocycles. The van der Waals surface area contributed by atoms with Gasteiger partial charge in [-0.05, 0) is 55.5 Å². The second-order valence-electron chi connectivity index (χ2n) is 9.20. The third-order valence-corrected chi connectivity index (χ3v) is 6.25. The van der Waals surface area contributed by atoms with Crippen molar-refractivity contribution in [1.29, 1.82) is 0 Å². The van der Waals surface area contributed by atoms with E-state index in [9.17, 15) is 18.0 Å². The monoisotopic (exact) mass is 498 g/mol. The van der Waals surface area contributed by atoms with Crippen molar-refractivity contribution in [3.05, 3.63) is 53.3 Å². The molecule has 8 nitrogen and oxygen atoms in total. The van der Waals surface area contributed by atoms with Gasteiger partial charge in [0.25, 0.3) is 5.91 Å². The Bertz CT molecular complexity index is 1360. The van der Waals surface area contributed by atoms with Gasteiger partial charge < -0.3 is 15.0 Å². The van der Waals surface area contributed by atoms with Crippen LogP contribution in [0, 0.1) is 12.8 Å². The summed E-state index contributed by atoms with van der Waals surface area (Å²) in [5.41, 5.74) is 1.50. The van der Waals surface area contributed by atoms with Crippen LogP contribution in [-0.2, 0) is 13.2 Å². The second kappa shape index (κ2) is 8.96. The molecule has 5 rings (SSSR count). The van der Waals surface area contributed by atoms with E-state index in [2.05, 4.69) is 27.3 Å². The molecule has 2 bridgehead atoms. The Kier molecular flexibility index (Phi) is 5.93. The summed E-state index contributed by atoms with van der Waals surface area (Å²) in [6.07, 6.45) is -1.82. The molecule has 1 amide bonds. The Morgan fingerprint density at radius 2 is 2.00 bits per heavy atom. The van der Waals surface area contributed by atoms with Gasteiger partial charge in [-0.3, -0.25) is 4.79 Å². The van der Waals surface area contributed by atoms with Crippen molar-refractivity contribution in [2.75, 3.05) is 23.4 Å². The molecule has 1 N–H and O–H groups in total. The van der Waals surface area contributed by atoms with Gasteiger partial charge >= 0.3 is 6.18 Å². The summed E-state index contributed by atoms with van der Waals surface area (Å²) in [5.74, 6) is -0.0128. The molecule has 0 spiro atoms. The van der Waals surface area contributed by atoms with Crippen molar-refractivity contribution in [3.8, 4) is 17.1 Å². The summed E-state index contributed by atoms with van der Waals surface area (Å²) < 4.78 is 48.6. The molecule has 36 heavy (non-hydrogen) atoms. The number of anilines is 2. The fourth-order valence-corrected chi connectivity index (χ4v) is 4.42. The first kappa shape index (κ1) is 23.8. The quantitative estimate of drug-likeness (QED) is 0.467. The number of guanidine groups is 1. The van der Waals surface area contributed by atoms with Crippen LogP contribution in [0.5, 0.6) is 5.88 Å².